The molecule has 3 aromatic rings. The van der Waals surface area contributed by atoms with Crippen molar-refractivity contribution in [1.29, 1.82) is 0 Å². The molecule has 0 saturated heterocycles. The molecule has 1 aromatic heterocycles. The maximum Gasteiger partial charge on any atom is 0.187 e. The zero-order valence-corrected chi connectivity index (χ0v) is 11.7. The lowest BCUT2D eigenvalue weighted by Gasteiger charge is -2.10. The van der Waals surface area contributed by atoms with Gasteiger partial charge in [0.25, 0.3) is 0 Å². The minimum absolute atomic E-state index is 0.339. The fourth-order valence-electron chi connectivity index (χ4n) is 2.25. The standard InChI is InChI=1S/C15H14FN5/c1-9-6-10(2)14(17)8-13(9)15-18-19-20-21(15)12-5-3-4-11(16)7-12/h3-8H,17H2,1-2H3. The average molecular weight is 283 g/mol. The van der Waals surface area contributed by atoms with Gasteiger partial charge in [0.2, 0.25) is 0 Å². The van der Waals surface area contributed by atoms with Crippen LogP contribution in [0.15, 0.2) is 36.4 Å². The number of anilines is 1. The van der Waals surface area contributed by atoms with Gasteiger partial charge < -0.3 is 5.73 Å². The minimum Gasteiger partial charge on any atom is -0.398 e. The lowest BCUT2D eigenvalue weighted by Crippen LogP contribution is -2.02. The van der Waals surface area contributed by atoms with Gasteiger partial charge >= 0.3 is 0 Å². The van der Waals surface area contributed by atoms with Crippen LogP contribution in [0, 0.1) is 19.7 Å². The Hall–Kier alpha value is -2.76. The fraction of sp³-hybridized carbons (Fsp3) is 0.133. The first-order valence-corrected chi connectivity index (χ1v) is 6.47. The molecule has 0 fully saturated rings. The van der Waals surface area contributed by atoms with Crippen LogP contribution in [-0.2, 0) is 0 Å². The molecule has 3 rings (SSSR count). The summed E-state index contributed by atoms with van der Waals surface area (Å²) in [4.78, 5) is 0. The second kappa shape index (κ2) is 4.97. The van der Waals surface area contributed by atoms with Crippen LogP contribution in [0.4, 0.5) is 10.1 Å². The van der Waals surface area contributed by atoms with E-state index >= 15 is 0 Å². The van der Waals surface area contributed by atoms with E-state index in [1.54, 1.807) is 12.1 Å². The molecule has 1 heterocycles. The van der Waals surface area contributed by atoms with Crippen molar-refractivity contribution in [2.45, 2.75) is 13.8 Å². The van der Waals surface area contributed by atoms with Crippen LogP contribution in [0.1, 0.15) is 11.1 Å². The summed E-state index contributed by atoms with van der Waals surface area (Å²) in [7, 11) is 0. The van der Waals surface area contributed by atoms with E-state index in [0.717, 1.165) is 16.7 Å². The van der Waals surface area contributed by atoms with Crippen LogP contribution in [0.3, 0.4) is 0 Å². The third-order valence-electron chi connectivity index (χ3n) is 3.38. The number of aromatic nitrogens is 4. The highest BCUT2D eigenvalue weighted by Crippen LogP contribution is 2.27. The van der Waals surface area contributed by atoms with Crippen molar-refractivity contribution >= 4 is 5.69 Å². The molecule has 0 radical (unpaired) electrons. The van der Waals surface area contributed by atoms with Gasteiger partial charge in [-0.05, 0) is 59.7 Å². The number of halogens is 1. The van der Waals surface area contributed by atoms with Crippen LogP contribution in [0.2, 0.25) is 0 Å². The van der Waals surface area contributed by atoms with Crippen LogP contribution in [0.25, 0.3) is 17.1 Å². The van der Waals surface area contributed by atoms with E-state index < -0.39 is 0 Å². The highest BCUT2D eigenvalue weighted by Gasteiger charge is 2.14. The van der Waals surface area contributed by atoms with Gasteiger partial charge in [-0.3, -0.25) is 0 Å². The number of benzene rings is 2. The van der Waals surface area contributed by atoms with Gasteiger partial charge in [0, 0.05) is 11.3 Å². The van der Waals surface area contributed by atoms with Gasteiger partial charge in [-0.1, -0.05) is 12.1 Å². The summed E-state index contributed by atoms with van der Waals surface area (Å²) in [6.07, 6.45) is 0. The number of tetrazole rings is 1. The van der Waals surface area contributed by atoms with Crippen molar-refractivity contribution in [2.75, 3.05) is 5.73 Å². The van der Waals surface area contributed by atoms with Crippen LogP contribution < -0.4 is 5.73 Å². The molecule has 0 atom stereocenters. The summed E-state index contributed by atoms with van der Waals surface area (Å²) in [5, 5.41) is 11.7. The predicted octanol–water partition coefficient (Wildman–Crippen LogP) is 2.67. The molecule has 5 nitrogen and oxygen atoms in total. The van der Waals surface area contributed by atoms with E-state index in [-0.39, 0.29) is 5.82 Å². The van der Waals surface area contributed by atoms with Crippen molar-refractivity contribution in [2.24, 2.45) is 0 Å². The lowest BCUT2D eigenvalue weighted by molar-refractivity contribution is 0.625. The number of nitrogens with zero attached hydrogens (tertiary/aromatic N) is 4. The Labute approximate surface area is 121 Å². The molecule has 0 aliphatic rings. The number of rotatable bonds is 2. The number of nitrogens with two attached hydrogens (primary N) is 1. The highest BCUT2D eigenvalue weighted by molar-refractivity contribution is 5.68. The number of hydrogen-bond donors (Lipinski definition) is 1. The van der Waals surface area contributed by atoms with Gasteiger partial charge in [0.1, 0.15) is 5.82 Å². The molecular formula is C15H14FN5. The van der Waals surface area contributed by atoms with Crippen LogP contribution in [-0.4, -0.2) is 20.2 Å². The van der Waals surface area contributed by atoms with Gasteiger partial charge in [-0.15, -0.1) is 5.10 Å². The molecular weight excluding hydrogens is 269 g/mol. The van der Waals surface area contributed by atoms with Crippen LogP contribution in [0.5, 0.6) is 0 Å². The molecule has 0 saturated carbocycles. The van der Waals surface area contributed by atoms with Crippen molar-refractivity contribution in [3.63, 3.8) is 0 Å². The summed E-state index contributed by atoms with van der Waals surface area (Å²) in [5.41, 5.74) is 10.0. The molecule has 0 aliphatic heterocycles. The monoisotopic (exact) mass is 283 g/mol. The third kappa shape index (κ3) is 2.35. The van der Waals surface area contributed by atoms with Crippen molar-refractivity contribution in [3.8, 4) is 17.1 Å². The average Bonchev–Trinajstić information content (AvgIpc) is 2.92. The minimum atomic E-state index is -0.339. The zero-order chi connectivity index (χ0) is 15.0. The summed E-state index contributed by atoms with van der Waals surface area (Å²) in [6, 6.07) is 9.94. The Balaban J connectivity index is 2.18. The molecule has 0 bridgehead atoms. The van der Waals surface area contributed by atoms with Crippen molar-refractivity contribution < 1.29 is 4.39 Å². The smallest absolute Gasteiger partial charge is 0.187 e. The Bertz CT molecular complexity index is 810. The number of hydrogen-bond acceptors (Lipinski definition) is 4. The summed E-state index contributed by atoms with van der Waals surface area (Å²) in [5.74, 6) is 0.193. The normalized spacial score (nSPS) is 10.8. The Kier molecular flexibility index (Phi) is 3.13. The topological polar surface area (TPSA) is 69.6 Å². The highest BCUT2D eigenvalue weighted by atomic mass is 19.1. The van der Waals surface area contributed by atoms with E-state index in [2.05, 4.69) is 15.5 Å². The summed E-state index contributed by atoms with van der Waals surface area (Å²) in [6.45, 7) is 3.91. The Morgan fingerprint density at radius 3 is 2.67 bits per heavy atom. The summed E-state index contributed by atoms with van der Waals surface area (Å²) < 4.78 is 14.9. The van der Waals surface area contributed by atoms with Gasteiger partial charge in [0.05, 0.1) is 5.69 Å². The van der Waals surface area contributed by atoms with E-state index in [1.807, 2.05) is 26.0 Å². The maximum atomic E-state index is 13.4. The largest absolute Gasteiger partial charge is 0.398 e. The first-order valence-electron chi connectivity index (χ1n) is 6.47. The fourth-order valence-corrected chi connectivity index (χ4v) is 2.25. The van der Waals surface area contributed by atoms with E-state index in [4.69, 9.17) is 5.73 Å². The zero-order valence-electron chi connectivity index (χ0n) is 11.7. The molecule has 6 heteroatoms. The Morgan fingerprint density at radius 1 is 1.10 bits per heavy atom. The molecule has 106 valence electrons. The third-order valence-corrected chi connectivity index (χ3v) is 3.38. The second-order valence-corrected chi connectivity index (χ2v) is 4.92. The SMILES string of the molecule is Cc1cc(C)c(-c2nnnn2-c2cccc(F)c2)cc1N. The van der Waals surface area contributed by atoms with Gasteiger partial charge in [0.15, 0.2) is 5.82 Å². The molecule has 2 aromatic carbocycles. The van der Waals surface area contributed by atoms with Crippen molar-refractivity contribution in [1.82, 2.24) is 20.2 Å². The molecule has 21 heavy (non-hydrogen) atoms. The number of nitrogen functional groups attached to an aromatic ring is 1. The predicted molar refractivity (Wildman–Crippen MR) is 78.4 cm³/mol. The first-order chi connectivity index (χ1) is 10.1. The van der Waals surface area contributed by atoms with E-state index in [0.29, 0.717) is 17.2 Å². The van der Waals surface area contributed by atoms with Crippen LogP contribution >= 0.6 is 0 Å². The Morgan fingerprint density at radius 2 is 1.90 bits per heavy atom. The molecule has 0 amide bonds. The molecule has 0 aliphatic carbocycles. The van der Waals surface area contributed by atoms with Gasteiger partial charge in [-0.2, -0.15) is 4.68 Å². The molecule has 2 N–H and O–H groups in total. The van der Waals surface area contributed by atoms with Crippen molar-refractivity contribution in [3.05, 3.63) is 53.3 Å². The van der Waals surface area contributed by atoms with E-state index in [1.165, 1.54) is 16.8 Å². The molecule has 0 spiro atoms. The lowest BCUT2D eigenvalue weighted by atomic mass is 10.0. The molecule has 0 unspecified atom stereocenters. The quantitative estimate of drug-likeness (QED) is 0.734. The van der Waals surface area contributed by atoms with E-state index in [9.17, 15) is 4.39 Å². The summed E-state index contributed by atoms with van der Waals surface area (Å²) >= 11 is 0. The maximum absolute atomic E-state index is 13.4. The number of aryl methyl sites for hydroxylation is 2. The second-order valence-electron chi connectivity index (χ2n) is 4.92. The first kappa shape index (κ1) is 13.2. The van der Waals surface area contributed by atoms with Gasteiger partial charge in [-0.25, -0.2) is 4.39 Å².